The van der Waals surface area contributed by atoms with Crippen molar-refractivity contribution in [2.45, 2.75) is 44.3 Å². The summed E-state index contributed by atoms with van der Waals surface area (Å²) >= 11 is 2.07. The van der Waals surface area contributed by atoms with Gasteiger partial charge in [0, 0.05) is 41.9 Å². The van der Waals surface area contributed by atoms with E-state index in [1.807, 2.05) is 38.1 Å². The third-order valence-electron chi connectivity index (χ3n) is 4.67. The third kappa shape index (κ3) is 3.50. The van der Waals surface area contributed by atoms with Gasteiger partial charge in [0.1, 0.15) is 5.76 Å². The molecule has 4 heterocycles. The molecule has 0 bridgehead atoms. The van der Waals surface area contributed by atoms with Crippen LogP contribution in [0.5, 0.6) is 0 Å². The van der Waals surface area contributed by atoms with Gasteiger partial charge in [-0.3, -0.25) is 9.88 Å². The average molecular weight is 345 g/mol. The Morgan fingerprint density at radius 3 is 2.96 bits per heavy atom. The van der Waals surface area contributed by atoms with Gasteiger partial charge in [-0.1, -0.05) is 11.2 Å². The first-order chi connectivity index (χ1) is 11.6. The van der Waals surface area contributed by atoms with Crippen LogP contribution in [-0.2, 0) is 17.9 Å². The normalized spacial score (nSPS) is 22.8. The van der Waals surface area contributed by atoms with Crippen LogP contribution >= 0.6 is 11.8 Å². The molecule has 2 aliphatic heterocycles. The molecule has 2 fully saturated rings. The number of nitrogens with zero attached hydrogens (tertiary/aromatic N) is 3. The van der Waals surface area contributed by atoms with Crippen LogP contribution in [0.15, 0.2) is 28.8 Å². The highest BCUT2D eigenvalue weighted by atomic mass is 32.2. The number of hydrogen-bond acceptors (Lipinski definition) is 6. The van der Waals surface area contributed by atoms with Crippen molar-refractivity contribution in [3.63, 3.8) is 0 Å². The maximum atomic E-state index is 6.10. The highest BCUT2D eigenvalue weighted by molar-refractivity contribution is 8.01. The van der Waals surface area contributed by atoms with E-state index < -0.39 is 0 Å². The van der Waals surface area contributed by atoms with E-state index >= 15 is 0 Å². The van der Waals surface area contributed by atoms with Crippen LogP contribution in [0, 0.1) is 13.8 Å². The molecule has 2 aromatic heterocycles. The second-order valence-corrected chi connectivity index (χ2v) is 8.46. The number of pyridine rings is 1. The predicted octanol–water partition coefficient (Wildman–Crippen LogP) is 2.96. The topological polar surface area (TPSA) is 51.4 Å². The summed E-state index contributed by atoms with van der Waals surface area (Å²) < 4.78 is 11.6. The van der Waals surface area contributed by atoms with Crippen LogP contribution in [-0.4, -0.2) is 44.7 Å². The van der Waals surface area contributed by atoms with Gasteiger partial charge in [-0.2, -0.15) is 0 Å². The van der Waals surface area contributed by atoms with Crippen molar-refractivity contribution in [1.82, 2.24) is 15.0 Å². The fourth-order valence-electron chi connectivity index (χ4n) is 3.62. The van der Waals surface area contributed by atoms with Crippen molar-refractivity contribution in [3.05, 3.63) is 47.1 Å². The Labute approximate surface area is 146 Å². The zero-order chi connectivity index (χ0) is 16.6. The number of thioether (sulfide) groups is 1. The van der Waals surface area contributed by atoms with Gasteiger partial charge in [0.05, 0.1) is 24.1 Å². The van der Waals surface area contributed by atoms with Gasteiger partial charge in [0.2, 0.25) is 0 Å². The smallest absolute Gasteiger partial charge is 0.133 e. The minimum atomic E-state index is 0.341. The maximum Gasteiger partial charge on any atom is 0.133 e. The first-order valence-corrected chi connectivity index (χ1v) is 9.41. The van der Waals surface area contributed by atoms with E-state index in [9.17, 15) is 0 Å². The molecule has 1 unspecified atom stereocenters. The second-order valence-electron chi connectivity index (χ2n) is 6.98. The highest BCUT2D eigenvalue weighted by Gasteiger charge is 2.49. The number of aromatic nitrogens is 2. The molecule has 0 N–H and O–H groups in total. The summed E-state index contributed by atoms with van der Waals surface area (Å²) in [6.45, 7) is 7.69. The summed E-state index contributed by atoms with van der Waals surface area (Å²) in [5, 5.41) is 4.08. The molecule has 5 nitrogen and oxygen atoms in total. The van der Waals surface area contributed by atoms with Gasteiger partial charge in [0.25, 0.3) is 0 Å². The highest BCUT2D eigenvalue weighted by Crippen LogP contribution is 2.46. The number of ether oxygens (including phenoxy) is 1. The molecule has 2 saturated heterocycles. The standard InChI is InChI=1S/C18H23N3O2S/c1-13-4-3-5-15(19-13)9-22-17-7-18(24-10-17)11-21(12-18)8-16-6-14(2)23-20-16/h3-6,17H,7-12H2,1-2H3. The number of aryl methyl sites for hydroxylation is 2. The molecule has 0 amide bonds. The molecule has 4 rings (SSSR count). The molecule has 0 radical (unpaired) electrons. The lowest BCUT2D eigenvalue weighted by molar-refractivity contribution is 0.0246. The molecule has 24 heavy (non-hydrogen) atoms. The lowest BCUT2D eigenvalue weighted by Crippen LogP contribution is -2.58. The molecule has 0 saturated carbocycles. The van der Waals surface area contributed by atoms with Crippen molar-refractivity contribution in [2.75, 3.05) is 18.8 Å². The summed E-state index contributed by atoms with van der Waals surface area (Å²) in [6.07, 6.45) is 1.48. The van der Waals surface area contributed by atoms with E-state index in [1.54, 1.807) is 0 Å². The van der Waals surface area contributed by atoms with Crippen molar-refractivity contribution < 1.29 is 9.26 Å². The zero-order valence-electron chi connectivity index (χ0n) is 14.2. The van der Waals surface area contributed by atoms with Crippen molar-refractivity contribution in [1.29, 1.82) is 0 Å². The Hall–Kier alpha value is -1.37. The van der Waals surface area contributed by atoms with Crippen molar-refractivity contribution >= 4 is 11.8 Å². The number of rotatable bonds is 5. The largest absolute Gasteiger partial charge is 0.371 e. The van der Waals surface area contributed by atoms with Gasteiger partial charge in [-0.05, 0) is 32.4 Å². The first-order valence-electron chi connectivity index (χ1n) is 8.43. The molecule has 0 aromatic carbocycles. The minimum absolute atomic E-state index is 0.341. The lowest BCUT2D eigenvalue weighted by Gasteiger charge is -2.47. The monoisotopic (exact) mass is 345 g/mol. The third-order valence-corrected chi connectivity index (χ3v) is 6.25. The van der Waals surface area contributed by atoms with Crippen molar-refractivity contribution in [3.8, 4) is 0 Å². The summed E-state index contributed by atoms with van der Waals surface area (Å²) in [7, 11) is 0. The molecule has 1 atom stereocenters. The number of likely N-dealkylation sites (tertiary alicyclic amines) is 1. The number of hydrogen-bond donors (Lipinski definition) is 0. The molecule has 2 aromatic rings. The Kier molecular flexibility index (Phi) is 4.37. The van der Waals surface area contributed by atoms with Crippen molar-refractivity contribution in [2.24, 2.45) is 0 Å². The van der Waals surface area contributed by atoms with E-state index in [-0.39, 0.29) is 0 Å². The van der Waals surface area contributed by atoms with Gasteiger partial charge in [-0.15, -0.1) is 11.8 Å². The Morgan fingerprint density at radius 1 is 1.33 bits per heavy atom. The Morgan fingerprint density at radius 2 is 2.21 bits per heavy atom. The molecule has 2 aliphatic rings. The molecular weight excluding hydrogens is 322 g/mol. The summed E-state index contributed by atoms with van der Waals surface area (Å²) in [6, 6.07) is 8.12. The Bertz CT molecular complexity index is 712. The molecule has 6 heteroatoms. The predicted molar refractivity (Wildman–Crippen MR) is 93.9 cm³/mol. The van der Waals surface area contributed by atoms with E-state index in [0.717, 1.165) is 54.6 Å². The van der Waals surface area contributed by atoms with Crippen LogP contribution in [0.2, 0.25) is 0 Å². The molecule has 128 valence electrons. The fraction of sp³-hybridized carbons (Fsp3) is 0.556. The first kappa shape index (κ1) is 16.1. The second kappa shape index (κ2) is 6.50. The van der Waals surface area contributed by atoms with E-state index in [2.05, 4.69) is 26.8 Å². The quantitative estimate of drug-likeness (QED) is 0.830. The molecule has 0 aliphatic carbocycles. The van der Waals surface area contributed by atoms with Crippen LogP contribution in [0.25, 0.3) is 0 Å². The average Bonchev–Trinajstić information content (AvgIpc) is 3.12. The van der Waals surface area contributed by atoms with Gasteiger partial charge in [-0.25, -0.2) is 0 Å². The van der Waals surface area contributed by atoms with Crippen LogP contribution < -0.4 is 0 Å². The Balaban J connectivity index is 1.24. The molecule has 1 spiro atoms. The van der Waals surface area contributed by atoms with Gasteiger partial charge < -0.3 is 9.26 Å². The van der Waals surface area contributed by atoms with E-state index in [4.69, 9.17) is 9.26 Å². The SMILES string of the molecule is Cc1cccc(COC2CSC3(C2)CN(Cc2cc(C)on2)C3)n1. The van der Waals surface area contributed by atoms with Crippen LogP contribution in [0.3, 0.4) is 0 Å². The summed E-state index contributed by atoms with van der Waals surface area (Å²) in [4.78, 5) is 6.95. The molecular formula is C18H23N3O2S. The summed E-state index contributed by atoms with van der Waals surface area (Å²) in [5.74, 6) is 1.97. The summed E-state index contributed by atoms with van der Waals surface area (Å²) in [5.41, 5.74) is 3.10. The van der Waals surface area contributed by atoms with Crippen LogP contribution in [0.1, 0.15) is 29.3 Å². The van der Waals surface area contributed by atoms with E-state index in [1.165, 1.54) is 0 Å². The van der Waals surface area contributed by atoms with Gasteiger partial charge in [0.15, 0.2) is 0 Å². The van der Waals surface area contributed by atoms with Crippen LogP contribution in [0.4, 0.5) is 0 Å². The lowest BCUT2D eigenvalue weighted by atomic mass is 9.93. The van der Waals surface area contributed by atoms with E-state index in [0.29, 0.717) is 17.5 Å². The fourth-order valence-corrected chi connectivity index (χ4v) is 5.22. The maximum absolute atomic E-state index is 6.10. The minimum Gasteiger partial charge on any atom is -0.371 e. The van der Waals surface area contributed by atoms with Gasteiger partial charge >= 0.3 is 0 Å². The zero-order valence-corrected chi connectivity index (χ0v) is 15.0.